The number of hydrogen-bond acceptors (Lipinski definition) is 5. The first-order chi connectivity index (χ1) is 13.5. The molecule has 0 aliphatic heterocycles. The van der Waals surface area contributed by atoms with Crippen LogP contribution in [0.15, 0.2) is 59.5 Å². The number of nitrogens with zero attached hydrogens (tertiary/aromatic N) is 4. The van der Waals surface area contributed by atoms with Crippen LogP contribution in [0.2, 0.25) is 0 Å². The Morgan fingerprint density at radius 3 is 2.64 bits per heavy atom. The number of para-hydroxylation sites is 1. The Balaban J connectivity index is 1.63. The SMILES string of the molecule is Cc1ccc(-c2nnco2)cc1NC(=O)c1cnn(-c2ccccc2C)c1C. The smallest absolute Gasteiger partial charge is 0.259 e. The van der Waals surface area contributed by atoms with Crippen LogP contribution >= 0.6 is 0 Å². The van der Waals surface area contributed by atoms with Gasteiger partial charge in [-0.25, -0.2) is 4.68 Å². The van der Waals surface area contributed by atoms with Gasteiger partial charge < -0.3 is 9.73 Å². The maximum atomic E-state index is 12.9. The normalized spacial score (nSPS) is 10.8. The Labute approximate surface area is 162 Å². The van der Waals surface area contributed by atoms with Crippen molar-refractivity contribution in [3.8, 4) is 17.1 Å². The van der Waals surface area contributed by atoms with Gasteiger partial charge in [-0.15, -0.1) is 10.2 Å². The summed E-state index contributed by atoms with van der Waals surface area (Å²) in [5.74, 6) is 0.183. The van der Waals surface area contributed by atoms with Crippen molar-refractivity contribution in [1.82, 2.24) is 20.0 Å². The van der Waals surface area contributed by atoms with Crippen molar-refractivity contribution in [2.45, 2.75) is 20.8 Å². The molecule has 2 aromatic carbocycles. The molecule has 7 heteroatoms. The summed E-state index contributed by atoms with van der Waals surface area (Å²) >= 11 is 0. The van der Waals surface area contributed by atoms with Crippen LogP contribution in [-0.2, 0) is 0 Å². The van der Waals surface area contributed by atoms with Crippen molar-refractivity contribution < 1.29 is 9.21 Å². The Morgan fingerprint density at radius 2 is 1.89 bits per heavy atom. The number of rotatable bonds is 4. The zero-order valence-electron chi connectivity index (χ0n) is 15.8. The fourth-order valence-electron chi connectivity index (χ4n) is 3.05. The predicted octanol–water partition coefficient (Wildman–Crippen LogP) is 4.10. The summed E-state index contributed by atoms with van der Waals surface area (Å²) in [5, 5.41) is 15.0. The van der Waals surface area contributed by atoms with Crippen LogP contribution < -0.4 is 5.32 Å². The number of anilines is 1. The molecule has 1 amide bonds. The van der Waals surface area contributed by atoms with Gasteiger partial charge in [0.25, 0.3) is 5.91 Å². The average Bonchev–Trinajstić information content (AvgIpc) is 3.34. The molecule has 28 heavy (non-hydrogen) atoms. The molecule has 140 valence electrons. The molecular formula is C21H19N5O2. The predicted molar refractivity (Wildman–Crippen MR) is 105 cm³/mol. The first kappa shape index (κ1) is 17.7. The van der Waals surface area contributed by atoms with E-state index in [2.05, 4.69) is 20.6 Å². The number of aryl methyl sites for hydroxylation is 2. The molecule has 1 N–H and O–H groups in total. The van der Waals surface area contributed by atoms with E-state index in [-0.39, 0.29) is 5.91 Å². The van der Waals surface area contributed by atoms with Gasteiger partial charge >= 0.3 is 0 Å². The second kappa shape index (κ2) is 7.11. The van der Waals surface area contributed by atoms with Gasteiger partial charge in [-0.05, 0) is 50.1 Å². The molecule has 0 saturated heterocycles. The Kier molecular flexibility index (Phi) is 4.49. The molecule has 2 heterocycles. The highest BCUT2D eigenvalue weighted by Crippen LogP contribution is 2.25. The van der Waals surface area contributed by atoms with Crippen molar-refractivity contribution in [3.05, 3.63) is 77.4 Å². The van der Waals surface area contributed by atoms with E-state index in [1.165, 1.54) is 6.39 Å². The maximum Gasteiger partial charge on any atom is 0.259 e. The lowest BCUT2D eigenvalue weighted by Gasteiger charge is -2.10. The summed E-state index contributed by atoms with van der Waals surface area (Å²) < 4.78 is 7.02. The molecule has 4 rings (SSSR count). The van der Waals surface area contributed by atoms with E-state index in [9.17, 15) is 4.79 Å². The van der Waals surface area contributed by atoms with Crippen LogP contribution in [0.1, 0.15) is 27.2 Å². The molecule has 0 atom stereocenters. The fourth-order valence-corrected chi connectivity index (χ4v) is 3.05. The molecule has 0 spiro atoms. The van der Waals surface area contributed by atoms with Crippen LogP contribution in [0.3, 0.4) is 0 Å². The number of benzene rings is 2. The highest BCUT2D eigenvalue weighted by atomic mass is 16.4. The van der Waals surface area contributed by atoms with Gasteiger partial charge in [0.1, 0.15) is 0 Å². The quantitative estimate of drug-likeness (QED) is 0.582. The Hall–Kier alpha value is -3.74. The van der Waals surface area contributed by atoms with Gasteiger partial charge in [-0.2, -0.15) is 5.10 Å². The third-order valence-corrected chi connectivity index (χ3v) is 4.69. The van der Waals surface area contributed by atoms with Crippen LogP contribution in [0.5, 0.6) is 0 Å². The van der Waals surface area contributed by atoms with E-state index < -0.39 is 0 Å². The first-order valence-electron chi connectivity index (χ1n) is 8.84. The molecule has 0 fully saturated rings. The van der Waals surface area contributed by atoms with Gasteiger partial charge in [0, 0.05) is 11.3 Å². The van der Waals surface area contributed by atoms with E-state index in [0.29, 0.717) is 17.1 Å². The van der Waals surface area contributed by atoms with Gasteiger partial charge in [-0.1, -0.05) is 24.3 Å². The Morgan fingerprint density at radius 1 is 1.07 bits per heavy atom. The minimum atomic E-state index is -0.219. The number of hydrogen-bond donors (Lipinski definition) is 1. The molecule has 0 aliphatic carbocycles. The number of carbonyl (C=O) groups excluding carboxylic acids is 1. The maximum absolute atomic E-state index is 12.9. The Bertz CT molecular complexity index is 1150. The second-order valence-electron chi connectivity index (χ2n) is 6.57. The van der Waals surface area contributed by atoms with E-state index in [0.717, 1.165) is 28.1 Å². The zero-order chi connectivity index (χ0) is 19.7. The van der Waals surface area contributed by atoms with E-state index in [1.807, 2.05) is 63.2 Å². The van der Waals surface area contributed by atoms with Gasteiger partial charge in [-0.3, -0.25) is 4.79 Å². The molecule has 0 radical (unpaired) electrons. The minimum Gasteiger partial charge on any atom is -0.423 e. The lowest BCUT2D eigenvalue weighted by Crippen LogP contribution is -2.14. The number of nitrogens with one attached hydrogen (secondary N) is 1. The van der Waals surface area contributed by atoms with Crippen molar-refractivity contribution in [3.63, 3.8) is 0 Å². The van der Waals surface area contributed by atoms with Crippen molar-refractivity contribution in [2.75, 3.05) is 5.32 Å². The molecular weight excluding hydrogens is 354 g/mol. The third kappa shape index (κ3) is 3.18. The lowest BCUT2D eigenvalue weighted by molar-refractivity contribution is 0.102. The molecule has 0 aliphatic rings. The number of carbonyl (C=O) groups is 1. The van der Waals surface area contributed by atoms with Gasteiger partial charge in [0.15, 0.2) is 0 Å². The number of amides is 1. The first-order valence-corrected chi connectivity index (χ1v) is 8.84. The summed E-state index contributed by atoms with van der Waals surface area (Å²) in [7, 11) is 0. The minimum absolute atomic E-state index is 0.219. The molecule has 7 nitrogen and oxygen atoms in total. The summed E-state index contributed by atoms with van der Waals surface area (Å²) in [4.78, 5) is 12.9. The average molecular weight is 373 g/mol. The van der Waals surface area contributed by atoms with Crippen LogP contribution in [0.25, 0.3) is 17.1 Å². The van der Waals surface area contributed by atoms with Gasteiger partial charge in [0.2, 0.25) is 12.3 Å². The van der Waals surface area contributed by atoms with Crippen LogP contribution in [0, 0.1) is 20.8 Å². The lowest BCUT2D eigenvalue weighted by atomic mass is 10.1. The summed E-state index contributed by atoms with van der Waals surface area (Å²) in [6, 6.07) is 13.5. The van der Waals surface area contributed by atoms with Crippen molar-refractivity contribution in [1.29, 1.82) is 0 Å². The molecule has 4 aromatic rings. The second-order valence-corrected chi connectivity index (χ2v) is 6.57. The molecule has 0 unspecified atom stereocenters. The third-order valence-electron chi connectivity index (χ3n) is 4.69. The fraction of sp³-hybridized carbons (Fsp3) is 0.143. The van der Waals surface area contributed by atoms with Crippen molar-refractivity contribution >= 4 is 11.6 Å². The summed E-state index contributed by atoms with van der Waals surface area (Å²) in [5.41, 5.74) is 5.69. The number of aromatic nitrogens is 4. The molecule has 2 aromatic heterocycles. The van der Waals surface area contributed by atoms with Crippen LogP contribution in [-0.4, -0.2) is 25.9 Å². The molecule has 0 bridgehead atoms. The largest absolute Gasteiger partial charge is 0.423 e. The zero-order valence-corrected chi connectivity index (χ0v) is 15.8. The molecule has 0 saturated carbocycles. The summed E-state index contributed by atoms with van der Waals surface area (Å²) in [6.45, 7) is 5.83. The monoisotopic (exact) mass is 373 g/mol. The summed E-state index contributed by atoms with van der Waals surface area (Å²) in [6.07, 6.45) is 2.87. The van der Waals surface area contributed by atoms with Crippen LogP contribution in [0.4, 0.5) is 5.69 Å². The van der Waals surface area contributed by atoms with Gasteiger partial charge in [0.05, 0.1) is 23.1 Å². The van der Waals surface area contributed by atoms with Crippen molar-refractivity contribution in [2.24, 2.45) is 0 Å². The highest BCUT2D eigenvalue weighted by molar-refractivity contribution is 6.05. The van der Waals surface area contributed by atoms with E-state index >= 15 is 0 Å². The topological polar surface area (TPSA) is 85.8 Å². The highest BCUT2D eigenvalue weighted by Gasteiger charge is 2.17. The van der Waals surface area contributed by atoms with E-state index in [1.54, 1.807) is 10.9 Å². The standard InChI is InChI=1S/C21H19N5O2/c1-13-8-9-16(21-25-22-12-28-21)10-18(13)24-20(27)17-11-23-26(15(17)3)19-7-5-4-6-14(19)2/h4-12H,1-3H3,(H,24,27). The van der Waals surface area contributed by atoms with E-state index in [4.69, 9.17) is 4.42 Å².